The summed E-state index contributed by atoms with van der Waals surface area (Å²) in [6.45, 7) is 0. The van der Waals surface area contributed by atoms with Gasteiger partial charge in [0.05, 0.1) is 0 Å². The van der Waals surface area contributed by atoms with Gasteiger partial charge in [-0.25, -0.2) is 4.79 Å². The Morgan fingerprint density at radius 3 is 2.03 bits per heavy atom. The summed E-state index contributed by atoms with van der Waals surface area (Å²) >= 11 is 5.82. The minimum Gasteiger partial charge on any atom is -0.273 e. The number of benzene rings is 2. The molecule has 146 valence electrons. The lowest BCUT2D eigenvalue weighted by atomic mass is 9.83. The number of nitrogens with zero attached hydrogens (tertiary/aromatic N) is 3. The maximum atomic E-state index is 13.0. The molecule has 0 saturated heterocycles. The first kappa shape index (κ1) is 18.3. The van der Waals surface area contributed by atoms with Gasteiger partial charge >= 0.3 is 5.69 Å². The monoisotopic (exact) mass is 414 g/mol. The highest BCUT2D eigenvalue weighted by atomic mass is 35.5. The number of nitrogens with one attached hydrogen (secondary N) is 1. The highest BCUT2D eigenvalue weighted by Gasteiger charge is 2.26. The van der Waals surface area contributed by atoms with Crippen LogP contribution >= 0.6 is 11.6 Å². The van der Waals surface area contributed by atoms with Crippen molar-refractivity contribution in [2.75, 3.05) is 0 Å². The molecule has 0 aliphatic heterocycles. The lowest BCUT2D eigenvalue weighted by molar-refractivity contribution is 0.798. The van der Waals surface area contributed by atoms with E-state index in [1.165, 1.54) is 4.57 Å². The Morgan fingerprint density at radius 1 is 0.800 bits per heavy atom. The summed E-state index contributed by atoms with van der Waals surface area (Å²) < 4.78 is 1.28. The van der Waals surface area contributed by atoms with Crippen LogP contribution in [-0.4, -0.2) is 19.7 Å². The van der Waals surface area contributed by atoms with Crippen LogP contribution in [0.25, 0.3) is 18.0 Å². The number of H-pyrrole nitrogens is 1. The summed E-state index contributed by atoms with van der Waals surface area (Å²) in [5.74, 6) is -0.0847. The van der Waals surface area contributed by atoms with Crippen molar-refractivity contribution in [3.63, 3.8) is 0 Å². The van der Waals surface area contributed by atoms with E-state index >= 15 is 0 Å². The van der Waals surface area contributed by atoms with Crippen LogP contribution in [0.4, 0.5) is 0 Å². The third kappa shape index (κ3) is 3.07. The number of hydrogen-bond acceptors (Lipinski definition) is 4. The van der Waals surface area contributed by atoms with Gasteiger partial charge in [-0.3, -0.25) is 14.3 Å². The second-order valence-corrected chi connectivity index (χ2v) is 7.34. The first-order valence-corrected chi connectivity index (χ1v) is 9.71. The van der Waals surface area contributed by atoms with Crippen molar-refractivity contribution in [1.29, 1.82) is 0 Å². The van der Waals surface area contributed by atoms with E-state index in [-0.39, 0.29) is 16.9 Å². The fourth-order valence-electron chi connectivity index (χ4n) is 3.83. The molecule has 30 heavy (non-hydrogen) atoms. The fraction of sp³-hybridized carbons (Fsp3) is 0.0435. The first-order chi connectivity index (χ1) is 14.6. The third-order valence-electron chi connectivity index (χ3n) is 5.20. The average molecular weight is 415 g/mol. The molecule has 0 saturated carbocycles. The lowest BCUT2D eigenvalue weighted by Gasteiger charge is -2.20. The second kappa shape index (κ2) is 7.24. The standard InChI is InChI=1S/C23H15ClN4O2/c24-19-11-12-20(27-26-19)28-13-18(22(29)25-23(28)30)21-16-7-3-1-5-14(16)9-10-15-6-2-4-8-17(15)21/h1-13,21H,(H,25,29,30). The van der Waals surface area contributed by atoms with Gasteiger partial charge in [0.25, 0.3) is 5.56 Å². The Labute approximate surface area is 176 Å². The number of aromatic amines is 1. The van der Waals surface area contributed by atoms with E-state index in [4.69, 9.17) is 11.6 Å². The molecular weight excluding hydrogens is 400 g/mol. The molecule has 0 fully saturated rings. The van der Waals surface area contributed by atoms with Crippen molar-refractivity contribution in [2.45, 2.75) is 5.92 Å². The molecule has 0 atom stereocenters. The van der Waals surface area contributed by atoms with Crippen LogP contribution in [-0.2, 0) is 0 Å². The largest absolute Gasteiger partial charge is 0.334 e. The van der Waals surface area contributed by atoms with Crippen LogP contribution in [0.1, 0.15) is 33.7 Å². The second-order valence-electron chi connectivity index (χ2n) is 6.95. The summed E-state index contributed by atoms with van der Waals surface area (Å²) in [7, 11) is 0. The quantitative estimate of drug-likeness (QED) is 0.478. The van der Waals surface area contributed by atoms with Gasteiger partial charge in [-0.15, -0.1) is 10.2 Å². The van der Waals surface area contributed by atoms with E-state index in [0.717, 1.165) is 22.3 Å². The summed E-state index contributed by atoms with van der Waals surface area (Å²) in [5.41, 5.74) is 3.41. The Hall–Kier alpha value is -3.77. The van der Waals surface area contributed by atoms with Crippen molar-refractivity contribution < 1.29 is 0 Å². The topological polar surface area (TPSA) is 80.6 Å². The van der Waals surface area contributed by atoms with Crippen molar-refractivity contribution in [1.82, 2.24) is 19.7 Å². The number of rotatable bonds is 2. The molecule has 4 aromatic rings. The molecule has 0 amide bonds. The van der Waals surface area contributed by atoms with Crippen LogP contribution in [0.5, 0.6) is 0 Å². The normalized spacial score (nSPS) is 12.8. The van der Waals surface area contributed by atoms with Crippen molar-refractivity contribution in [3.8, 4) is 5.82 Å². The molecule has 2 heterocycles. The number of fused-ring (bicyclic) bond motifs is 2. The maximum absolute atomic E-state index is 13.0. The predicted molar refractivity (Wildman–Crippen MR) is 116 cm³/mol. The zero-order chi connectivity index (χ0) is 20.7. The van der Waals surface area contributed by atoms with E-state index in [1.807, 2.05) is 60.7 Å². The van der Waals surface area contributed by atoms with E-state index < -0.39 is 11.2 Å². The number of halogens is 1. The maximum Gasteiger partial charge on any atom is 0.334 e. The van der Waals surface area contributed by atoms with E-state index in [2.05, 4.69) is 15.2 Å². The van der Waals surface area contributed by atoms with E-state index in [0.29, 0.717) is 5.56 Å². The predicted octanol–water partition coefficient (Wildman–Crippen LogP) is 3.63. The molecule has 1 aliphatic carbocycles. The zero-order valence-electron chi connectivity index (χ0n) is 15.6. The molecule has 5 rings (SSSR count). The molecule has 2 aromatic heterocycles. The van der Waals surface area contributed by atoms with Gasteiger partial charge in [-0.2, -0.15) is 0 Å². The van der Waals surface area contributed by atoms with Crippen LogP contribution in [0.3, 0.4) is 0 Å². The van der Waals surface area contributed by atoms with Gasteiger partial charge < -0.3 is 0 Å². The molecular formula is C23H15ClN4O2. The zero-order valence-corrected chi connectivity index (χ0v) is 16.4. The molecule has 1 N–H and O–H groups in total. The summed E-state index contributed by atoms with van der Waals surface area (Å²) in [5, 5.41) is 8.00. The van der Waals surface area contributed by atoms with Crippen LogP contribution < -0.4 is 11.2 Å². The van der Waals surface area contributed by atoms with Gasteiger partial charge in [-0.05, 0) is 34.4 Å². The van der Waals surface area contributed by atoms with Crippen molar-refractivity contribution in [2.24, 2.45) is 0 Å². The minimum absolute atomic E-state index is 0.217. The first-order valence-electron chi connectivity index (χ1n) is 9.33. The smallest absolute Gasteiger partial charge is 0.273 e. The van der Waals surface area contributed by atoms with Gasteiger partial charge in [-0.1, -0.05) is 72.3 Å². The Kier molecular flexibility index (Phi) is 4.41. The highest BCUT2D eigenvalue weighted by molar-refractivity contribution is 6.29. The number of aromatic nitrogens is 4. The minimum atomic E-state index is -0.589. The summed E-state index contributed by atoms with van der Waals surface area (Å²) in [6.07, 6.45) is 5.63. The highest BCUT2D eigenvalue weighted by Crippen LogP contribution is 2.37. The van der Waals surface area contributed by atoms with Crippen molar-refractivity contribution in [3.05, 3.63) is 121 Å². The Bertz CT molecular complexity index is 1350. The molecule has 0 bridgehead atoms. The van der Waals surface area contributed by atoms with Gasteiger partial charge in [0.2, 0.25) is 0 Å². The molecule has 0 unspecified atom stereocenters. The SMILES string of the molecule is O=c1[nH]c(=O)n(-c2ccc(Cl)nn2)cc1C1c2ccccc2C=Cc2ccccc21. The Balaban J connectivity index is 1.79. The van der Waals surface area contributed by atoms with Crippen molar-refractivity contribution >= 4 is 23.8 Å². The number of hydrogen-bond donors (Lipinski definition) is 1. The van der Waals surface area contributed by atoms with Gasteiger partial charge in [0, 0.05) is 17.7 Å². The summed E-state index contributed by atoms with van der Waals surface area (Å²) in [6, 6.07) is 19.0. The third-order valence-corrected chi connectivity index (χ3v) is 5.40. The molecule has 2 aromatic carbocycles. The molecule has 0 radical (unpaired) electrons. The average Bonchev–Trinajstić information content (AvgIpc) is 2.92. The lowest BCUT2D eigenvalue weighted by Crippen LogP contribution is -2.33. The molecule has 0 spiro atoms. The molecule has 6 nitrogen and oxygen atoms in total. The van der Waals surface area contributed by atoms with Crippen LogP contribution in [0.15, 0.2) is 76.4 Å². The molecule has 1 aliphatic rings. The summed E-state index contributed by atoms with van der Waals surface area (Å²) in [4.78, 5) is 27.9. The van der Waals surface area contributed by atoms with Gasteiger partial charge in [0.1, 0.15) is 0 Å². The molecule has 7 heteroatoms. The van der Waals surface area contributed by atoms with E-state index in [9.17, 15) is 9.59 Å². The fourth-order valence-corrected chi connectivity index (χ4v) is 3.93. The van der Waals surface area contributed by atoms with Crippen LogP contribution in [0.2, 0.25) is 5.15 Å². The van der Waals surface area contributed by atoms with E-state index in [1.54, 1.807) is 18.3 Å². The Morgan fingerprint density at radius 2 is 1.43 bits per heavy atom. The van der Waals surface area contributed by atoms with Crippen LogP contribution in [0, 0.1) is 0 Å². The van der Waals surface area contributed by atoms with Gasteiger partial charge in [0.15, 0.2) is 11.0 Å².